The number of rotatable bonds is 16. The first-order valence-corrected chi connectivity index (χ1v) is 23.0. The maximum atomic E-state index is 5.78. The molecule has 0 bridgehead atoms. The zero-order valence-electron chi connectivity index (χ0n) is 39.4. The highest BCUT2D eigenvalue weighted by atomic mass is 15.4. The van der Waals surface area contributed by atoms with Crippen molar-refractivity contribution in [3.05, 3.63) is 181 Å². The Balaban J connectivity index is 0.000000174. The molecule has 0 saturated heterocycles. The van der Waals surface area contributed by atoms with E-state index in [-0.39, 0.29) is 12.1 Å². The van der Waals surface area contributed by atoms with E-state index in [0.717, 1.165) is 46.5 Å². The summed E-state index contributed by atoms with van der Waals surface area (Å²) < 4.78 is 3.41. The minimum Gasteiger partial charge on any atom is -0.351 e. The minimum absolute atomic E-state index is 0.130. The van der Waals surface area contributed by atoms with Gasteiger partial charge in [0.05, 0.1) is 11.4 Å². The molecule has 0 fully saturated rings. The molecule has 352 valence electrons. The van der Waals surface area contributed by atoms with Gasteiger partial charge in [-0.05, 0) is 61.1 Å². The zero-order chi connectivity index (χ0) is 48.4. The number of anilines is 6. The third-order valence-corrected chi connectivity index (χ3v) is 11.5. The van der Waals surface area contributed by atoms with E-state index in [0.29, 0.717) is 59.8 Å². The van der Waals surface area contributed by atoms with Crippen LogP contribution in [0.2, 0.25) is 0 Å². The van der Waals surface area contributed by atoms with E-state index >= 15 is 0 Å². The second kappa shape index (κ2) is 21.5. The van der Waals surface area contributed by atoms with Crippen molar-refractivity contribution in [3.8, 4) is 22.5 Å². The van der Waals surface area contributed by atoms with Crippen LogP contribution in [0.4, 0.5) is 35.4 Å². The van der Waals surface area contributed by atoms with Crippen LogP contribution in [0.5, 0.6) is 0 Å². The van der Waals surface area contributed by atoms with Gasteiger partial charge in [0.15, 0.2) is 11.3 Å². The molecule has 0 radical (unpaired) electrons. The predicted octanol–water partition coefficient (Wildman–Crippen LogP) is 7.70. The average Bonchev–Trinajstić information content (AvgIpc) is 4.09. The summed E-state index contributed by atoms with van der Waals surface area (Å²) in [5, 5.41) is 15.5. The molecule has 0 aliphatic rings. The van der Waals surface area contributed by atoms with E-state index in [1.54, 1.807) is 21.4 Å². The topological polar surface area (TPSA) is 220 Å². The first-order chi connectivity index (χ1) is 34.2. The van der Waals surface area contributed by atoms with Gasteiger partial charge >= 0.3 is 0 Å². The molecule has 1 unspecified atom stereocenters. The monoisotopic (exact) mass is 930 g/mol. The Morgan fingerprint density at radius 2 is 0.900 bits per heavy atom. The van der Waals surface area contributed by atoms with Gasteiger partial charge in [0, 0.05) is 74.9 Å². The Morgan fingerprint density at radius 1 is 0.486 bits per heavy atom. The van der Waals surface area contributed by atoms with E-state index < -0.39 is 0 Å². The molecule has 18 nitrogen and oxygen atoms in total. The molecule has 0 amide bonds. The second-order valence-electron chi connectivity index (χ2n) is 16.8. The molecular weight excluding hydrogens is 877 g/mol. The molecule has 0 spiro atoms. The van der Waals surface area contributed by atoms with Gasteiger partial charge in [0.2, 0.25) is 23.8 Å². The van der Waals surface area contributed by atoms with Crippen LogP contribution in [0.3, 0.4) is 0 Å². The van der Waals surface area contributed by atoms with Crippen LogP contribution >= 0.6 is 0 Å². The molecule has 6 N–H and O–H groups in total. The predicted molar refractivity (Wildman–Crippen MR) is 275 cm³/mol. The quantitative estimate of drug-likeness (QED) is 0.0729. The molecular formula is C52H54N18. The van der Waals surface area contributed by atoms with Crippen LogP contribution in [0.1, 0.15) is 36.1 Å². The lowest BCUT2D eigenvalue weighted by Crippen LogP contribution is -2.22. The lowest BCUT2D eigenvalue weighted by Gasteiger charge is -2.20. The highest BCUT2D eigenvalue weighted by Crippen LogP contribution is 2.28. The van der Waals surface area contributed by atoms with Gasteiger partial charge in [0.25, 0.3) is 0 Å². The number of hydrogen-bond acceptors (Lipinski definition) is 16. The molecule has 0 saturated carbocycles. The first kappa shape index (κ1) is 46.4. The van der Waals surface area contributed by atoms with Gasteiger partial charge in [-0.1, -0.05) is 109 Å². The van der Waals surface area contributed by atoms with Gasteiger partial charge in [0.1, 0.15) is 24.3 Å². The molecule has 6 aromatic heterocycles. The summed E-state index contributed by atoms with van der Waals surface area (Å²) in [7, 11) is 3.82. The van der Waals surface area contributed by atoms with Crippen LogP contribution in [0.25, 0.3) is 33.8 Å². The van der Waals surface area contributed by atoms with Gasteiger partial charge in [-0.2, -0.15) is 29.2 Å². The summed E-state index contributed by atoms with van der Waals surface area (Å²) in [6.07, 6.45) is 8.19. The maximum Gasteiger partial charge on any atom is 0.234 e. The van der Waals surface area contributed by atoms with Crippen molar-refractivity contribution in [2.45, 2.75) is 51.9 Å². The third kappa shape index (κ3) is 11.0. The number of fused-ring (bicyclic) bond motifs is 2. The normalized spacial score (nSPS) is 12.0. The third-order valence-electron chi connectivity index (χ3n) is 11.5. The summed E-state index contributed by atoms with van der Waals surface area (Å²) in [6, 6.07) is 44.5. The van der Waals surface area contributed by atoms with Gasteiger partial charge in [-0.3, -0.25) is 9.80 Å². The Bertz CT molecular complexity index is 3080. The summed E-state index contributed by atoms with van der Waals surface area (Å²) in [5.74, 6) is 3.69. The Labute approximate surface area is 405 Å². The maximum absolute atomic E-state index is 5.78. The van der Waals surface area contributed by atoms with Crippen LogP contribution in [-0.4, -0.2) is 85.3 Å². The standard InChI is InChI=1S/2C26H27N9/c2*1-18(13-19-7-6-8-20(14-19)16-27)31-25-28-12-11-23(33-25)34(2)26-32-22(21-9-4-3-5-10-21)15-24-29-17-30-35(24)26/h2*3-12,14-15,17-18H,13,16,27H2,1-2H3,(H,28,31,33)/t18-;/m1./s1. The summed E-state index contributed by atoms with van der Waals surface area (Å²) in [6.45, 7) is 5.29. The van der Waals surface area contributed by atoms with E-state index in [4.69, 9.17) is 31.4 Å². The van der Waals surface area contributed by atoms with E-state index in [1.165, 1.54) is 23.8 Å². The van der Waals surface area contributed by atoms with Crippen LogP contribution in [0, 0.1) is 0 Å². The van der Waals surface area contributed by atoms with E-state index in [1.807, 2.05) is 133 Å². The fraction of sp³-hybridized carbons (Fsp3) is 0.192. The lowest BCUT2D eigenvalue weighted by molar-refractivity contribution is 0.774. The number of aromatic nitrogens is 12. The summed E-state index contributed by atoms with van der Waals surface area (Å²) in [5.41, 5.74) is 21.3. The Hall–Kier alpha value is -8.74. The Morgan fingerprint density at radius 3 is 1.31 bits per heavy atom. The van der Waals surface area contributed by atoms with Crippen molar-refractivity contribution in [2.24, 2.45) is 11.5 Å². The van der Waals surface area contributed by atoms with Crippen molar-refractivity contribution in [3.63, 3.8) is 0 Å². The molecule has 2 atom stereocenters. The molecule has 18 heteroatoms. The number of hydrogen-bond donors (Lipinski definition) is 4. The SMILES string of the molecule is CC(Cc1cccc(CN)c1)Nc1nccc(N(C)c2nc(-c3ccccc3)cc3ncnn23)n1.C[C@H](Cc1cccc(CN)c1)Nc1nccc(N(C)c2nc(-c3ccccc3)cc3ncnn23)n1. The van der Waals surface area contributed by atoms with Crippen LogP contribution < -0.4 is 31.9 Å². The number of nitrogens with two attached hydrogens (primary N) is 2. The summed E-state index contributed by atoms with van der Waals surface area (Å²) in [4.78, 5) is 40.6. The Kier molecular flexibility index (Phi) is 14.2. The fourth-order valence-corrected chi connectivity index (χ4v) is 8.01. The van der Waals surface area contributed by atoms with Gasteiger partial charge in [-0.25, -0.2) is 29.9 Å². The minimum atomic E-state index is 0.130. The molecule has 6 heterocycles. The highest BCUT2D eigenvalue weighted by molar-refractivity contribution is 5.69. The summed E-state index contributed by atoms with van der Waals surface area (Å²) >= 11 is 0. The first-order valence-electron chi connectivity index (χ1n) is 23.0. The molecule has 10 rings (SSSR count). The smallest absolute Gasteiger partial charge is 0.234 e. The van der Waals surface area contributed by atoms with Crippen molar-refractivity contribution in [2.75, 3.05) is 34.5 Å². The van der Waals surface area contributed by atoms with E-state index in [9.17, 15) is 0 Å². The van der Waals surface area contributed by atoms with Gasteiger partial charge in [-0.15, -0.1) is 0 Å². The number of nitrogens with one attached hydrogen (secondary N) is 2. The molecule has 0 aliphatic carbocycles. The van der Waals surface area contributed by atoms with Crippen LogP contribution in [0.15, 0.2) is 159 Å². The van der Waals surface area contributed by atoms with Crippen LogP contribution in [-0.2, 0) is 25.9 Å². The average molecular weight is 931 g/mol. The van der Waals surface area contributed by atoms with Gasteiger partial charge < -0.3 is 22.1 Å². The largest absolute Gasteiger partial charge is 0.351 e. The van der Waals surface area contributed by atoms with Crippen molar-refractivity contribution in [1.82, 2.24) is 59.1 Å². The zero-order valence-corrected chi connectivity index (χ0v) is 39.4. The highest BCUT2D eigenvalue weighted by Gasteiger charge is 2.19. The van der Waals surface area contributed by atoms with Crippen molar-refractivity contribution >= 4 is 46.7 Å². The van der Waals surface area contributed by atoms with Crippen molar-refractivity contribution in [1.29, 1.82) is 0 Å². The van der Waals surface area contributed by atoms with E-state index in [2.05, 4.69) is 78.9 Å². The molecule has 4 aromatic carbocycles. The fourth-order valence-electron chi connectivity index (χ4n) is 8.01. The molecule has 10 aromatic rings. The molecule has 0 aliphatic heterocycles. The van der Waals surface area contributed by atoms with Crippen molar-refractivity contribution < 1.29 is 0 Å². The number of benzene rings is 4. The molecule has 70 heavy (non-hydrogen) atoms. The number of nitrogens with zero attached hydrogens (tertiary/aromatic N) is 14. The lowest BCUT2D eigenvalue weighted by atomic mass is 10.0. The second-order valence-corrected chi connectivity index (χ2v) is 16.8.